The number of likely N-dealkylation sites (tertiary alicyclic amines) is 1. The van der Waals surface area contributed by atoms with Crippen LogP contribution in [0.1, 0.15) is 20.3 Å². The van der Waals surface area contributed by atoms with Gasteiger partial charge >= 0.3 is 0 Å². The van der Waals surface area contributed by atoms with Crippen LogP contribution in [-0.4, -0.2) is 23.9 Å². The molecule has 0 spiro atoms. The van der Waals surface area contributed by atoms with E-state index in [1.807, 2.05) is 4.90 Å². The summed E-state index contributed by atoms with van der Waals surface area (Å²) in [5, 5.41) is 0. The molecule has 1 aliphatic carbocycles. The molecule has 1 amide bonds. The molecule has 1 heterocycles. The summed E-state index contributed by atoms with van der Waals surface area (Å²) in [5.41, 5.74) is 0. The Morgan fingerprint density at radius 2 is 1.91 bits per heavy atom. The average Bonchev–Trinajstić information content (AvgIpc) is 2.58. The predicted molar refractivity (Wildman–Crippen MR) is 43.0 cm³/mol. The molecular formula is C9H15NO. The van der Waals surface area contributed by atoms with Crippen molar-refractivity contribution >= 4 is 5.91 Å². The Morgan fingerprint density at radius 3 is 2.27 bits per heavy atom. The van der Waals surface area contributed by atoms with Gasteiger partial charge in [0, 0.05) is 19.0 Å². The summed E-state index contributed by atoms with van der Waals surface area (Å²) in [5.74, 6) is 2.21. The maximum absolute atomic E-state index is 11.5. The topological polar surface area (TPSA) is 20.3 Å². The summed E-state index contributed by atoms with van der Waals surface area (Å²) in [6, 6.07) is 0. The first-order valence-electron chi connectivity index (χ1n) is 4.47. The van der Waals surface area contributed by atoms with E-state index in [9.17, 15) is 4.79 Å². The molecule has 1 saturated carbocycles. The Balaban J connectivity index is 1.83. The van der Waals surface area contributed by atoms with Gasteiger partial charge in [-0.1, -0.05) is 13.8 Å². The summed E-state index contributed by atoms with van der Waals surface area (Å²) in [6.45, 7) is 6.36. The van der Waals surface area contributed by atoms with Crippen LogP contribution in [0.2, 0.25) is 0 Å². The Morgan fingerprint density at radius 1 is 1.36 bits per heavy atom. The van der Waals surface area contributed by atoms with Gasteiger partial charge in [-0.05, 0) is 18.3 Å². The van der Waals surface area contributed by atoms with E-state index in [1.54, 1.807) is 0 Å². The SMILES string of the molecule is CC1CN(C(=O)[C@@H]2C[C@H]2C)C1. The highest BCUT2D eigenvalue weighted by atomic mass is 16.2. The monoisotopic (exact) mass is 153 g/mol. The van der Waals surface area contributed by atoms with E-state index in [-0.39, 0.29) is 0 Å². The number of rotatable bonds is 1. The van der Waals surface area contributed by atoms with Gasteiger partial charge in [-0.15, -0.1) is 0 Å². The lowest BCUT2D eigenvalue weighted by atomic mass is 10.0. The molecule has 62 valence electrons. The maximum atomic E-state index is 11.5. The van der Waals surface area contributed by atoms with Crippen molar-refractivity contribution in [2.24, 2.45) is 17.8 Å². The first-order valence-corrected chi connectivity index (χ1v) is 4.47. The van der Waals surface area contributed by atoms with E-state index in [4.69, 9.17) is 0 Å². The highest BCUT2D eigenvalue weighted by molar-refractivity contribution is 5.82. The van der Waals surface area contributed by atoms with Gasteiger partial charge in [0.1, 0.15) is 0 Å². The fraction of sp³-hybridized carbons (Fsp3) is 0.889. The number of hydrogen-bond acceptors (Lipinski definition) is 1. The third kappa shape index (κ3) is 1.15. The van der Waals surface area contributed by atoms with Crippen LogP contribution in [0.25, 0.3) is 0 Å². The number of carbonyl (C=O) groups excluding carboxylic acids is 1. The smallest absolute Gasteiger partial charge is 0.225 e. The number of hydrogen-bond donors (Lipinski definition) is 0. The molecule has 1 aliphatic heterocycles. The highest BCUT2D eigenvalue weighted by Gasteiger charge is 2.43. The molecule has 0 aromatic carbocycles. The Bertz CT molecular complexity index is 184. The Hall–Kier alpha value is -0.530. The van der Waals surface area contributed by atoms with Gasteiger partial charge in [0.25, 0.3) is 0 Å². The molecule has 0 bridgehead atoms. The maximum Gasteiger partial charge on any atom is 0.225 e. The quantitative estimate of drug-likeness (QED) is 0.553. The normalized spacial score (nSPS) is 36.7. The minimum absolute atomic E-state index is 0.391. The van der Waals surface area contributed by atoms with Gasteiger partial charge < -0.3 is 4.90 Å². The predicted octanol–water partition coefficient (Wildman–Crippen LogP) is 1.12. The van der Waals surface area contributed by atoms with Crippen molar-refractivity contribution in [2.45, 2.75) is 20.3 Å². The third-order valence-electron chi connectivity index (χ3n) is 2.80. The molecule has 2 fully saturated rings. The Kier molecular flexibility index (Phi) is 1.44. The minimum atomic E-state index is 0.391. The fourth-order valence-corrected chi connectivity index (χ4v) is 1.78. The fourth-order valence-electron chi connectivity index (χ4n) is 1.78. The molecule has 0 aromatic heterocycles. The van der Waals surface area contributed by atoms with Crippen molar-refractivity contribution < 1.29 is 4.79 Å². The number of amides is 1. The summed E-state index contributed by atoms with van der Waals surface area (Å²) >= 11 is 0. The van der Waals surface area contributed by atoms with Crippen molar-refractivity contribution in [2.75, 3.05) is 13.1 Å². The van der Waals surface area contributed by atoms with E-state index >= 15 is 0 Å². The molecule has 0 N–H and O–H groups in total. The summed E-state index contributed by atoms with van der Waals surface area (Å²) < 4.78 is 0. The van der Waals surface area contributed by atoms with Gasteiger partial charge in [-0.3, -0.25) is 4.79 Å². The molecule has 0 aromatic rings. The lowest BCUT2D eigenvalue weighted by Crippen LogP contribution is -2.49. The van der Waals surface area contributed by atoms with Gasteiger partial charge in [0.05, 0.1) is 0 Å². The van der Waals surface area contributed by atoms with E-state index in [0.717, 1.165) is 25.4 Å². The molecule has 2 atom stereocenters. The van der Waals surface area contributed by atoms with Crippen LogP contribution in [0.3, 0.4) is 0 Å². The standard InChI is InChI=1S/C9H15NO/c1-6-4-10(5-6)9(11)8-3-7(8)2/h6-8H,3-5H2,1-2H3/t7-,8-/m1/s1. The van der Waals surface area contributed by atoms with Crippen molar-refractivity contribution in [1.29, 1.82) is 0 Å². The highest BCUT2D eigenvalue weighted by Crippen LogP contribution is 2.40. The molecule has 0 unspecified atom stereocenters. The zero-order valence-electron chi connectivity index (χ0n) is 7.21. The van der Waals surface area contributed by atoms with Crippen LogP contribution >= 0.6 is 0 Å². The molecule has 2 nitrogen and oxygen atoms in total. The van der Waals surface area contributed by atoms with Gasteiger partial charge in [0.2, 0.25) is 5.91 Å². The molecule has 2 rings (SSSR count). The van der Waals surface area contributed by atoms with Crippen molar-refractivity contribution in [3.8, 4) is 0 Å². The van der Waals surface area contributed by atoms with Crippen LogP contribution in [-0.2, 0) is 4.79 Å². The van der Waals surface area contributed by atoms with E-state index in [1.165, 1.54) is 0 Å². The molecule has 2 aliphatic rings. The largest absolute Gasteiger partial charge is 0.342 e. The third-order valence-corrected chi connectivity index (χ3v) is 2.80. The van der Waals surface area contributed by atoms with Crippen LogP contribution in [0.15, 0.2) is 0 Å². The lowest BCUT2D eigenvalue weighted by Gasteiger charge is -2.37. The molecule has 11 heavy (non-hydrogen) atoms. The van der Waals surface area contributed by atoms with Gasteiger partial charge in [-0.2, -0.15) is 0 Å². The van der Waals surface area contributed by atoms with Crippen molar-refractivity contribution in [3.63, 3.8) is 0 Å². The lowest BCUT2D eigenvalue weighted by molar-refractivity contribution is -0.138. The second-order valence-electron chi connectivity index (χ2n) is 4.17. The van der Waals surface area contributed by atoms with Crippen molar-refractivity contribution in [1.82, 2.24) is 4.90 Å². The first kappa shape index (κ1) is 7.14. The van der Waals surface area contributed by atoms with Crippen LogP contribution in [0.4, 0.5) is 0 Å². The van der Waals surface area contributed by atoms with E-state index in [2.05, 4.69) is 13.8 Å². The van der Waals surface area contributed by atoms with Crippen molar-refractivity contribution in [3.05, 3.63) is 0 Å². The minimum Gasteiger partial charge on any atom is -0.342 e. The zero-order valence-corrected chi connectivity index (χ0v) is 7.21. The molecule has 0 radical (unpaired) electrons. The molecule has 1 saturated heterocycles. The van der Waals surface area contributed by atoms with Gasteiger partial charge in [0.15, 0.2) is 0 Å². The zero-order chi connectivity index (χ0) is 8.01. The van der Waals surface area contributed by atoms with Crippen LogP contribution in [0.5, 0.6) is 0 Å². The summed E-state index contributed by atoms with van der Waals surface area (Å²) in [4.78, 5) is 13.5. The van der Waals surface area contributed by atoms with E-state index < -0.39 is 0 Å². The molecule has 2 heteroatoms. The summed E-state index contributed by atoms with van der Waals surface area (Å²) in [7, 11) is 0. The summed E-state index contributed by atoms with van der Waals surface area (Å²) in [6.07, 6.45) is 1.13. The second-order valence-corrected chi connectivity index (χ2v) is 4.17. The van der Waals surface area contributed by atoms with E-state index in [0.29, 0.717) is 17.7 Å². The average molecular weight is 153 g/mol. The number of carbonyl (C=O) groups is 1. The van der Waals surface area contributed by atoms with Gasteiger partial charge in [-0.25, -0.2) is 0 Å². The molecular weight excluding hydrogens is 138 g/mol. The van der Waals surface area contributed by atoms with Crippen LogP contribution in [0, 0.1) is 17.8 Å². The number of nitrogens with zero attached hydrogens (tertiary/aromatic N) is 1. The second kappa shape index (κ2) is 2.23. The first-order chi connectivity index (χ1) is 5.18. The Labute approximate surface area is 67.6 Å². The van der Waals surface area contributed by atoms with Crippen LogP contribution < -0.4 is 0 Å².